The van der Waals surface area contributed by atoms with Crippen molar-refractivity contribution >= 4 is 54.4 Å². The zero-order valence-electron chi connectivity index (χ0n) is 23.5. The standard InChI is InChI=1S/C31H49P3/c1-22(2)33(10,23(3)4)30-19-15-14-18-28(30)32(9)29-20-26-16-12-13-17-27(26)21-31(29)34(11,24(5)6)25(7)8/h12-25,33-34H,1-11H3. The maximum atomic E-state index is 2.64. The summed E-state index contributed by atoms with van der Waals surface area (Å²) in [5, 5.41) is 9.48. The molecule has 0 aliphatic heterocycles. The summed E-state index contributed by atoms with van der Waals surface area (Å²) in [4.78, 5) is 0. The molecule has 1 unspecified atom stereocenters. The van der Waals surface area contributed by atoms with E-state index in [4.69, 9.17) is 0 Å². The fourth-order valence-corrected chi connectivity index (χ4v) is 17.4. The van der Waals surface area contributed by atoms with E-state index < -0.39 is 22.4 Å². The van der Waals surface area contributed by atoms with Crippen molar-refractivity contribution in [1.82, 2.24) is 0 Å². The SMILES string of the molecule is CC(C)[PH](C)(c1ccccc1P(C)c1cc2ccccc2cc1[PH](C)(C(C)C)C(C)C)C(C)C. The molecule has 0 amide bonds. The molecule has 0 aromatic heterocycles. The Hall–Kier alpha value is -0.790. The Morgan fingerprint density at radius 1 is 0.529 bits per heavy atom. The van der Waals surface area contributed by atoms with Crippen LogP contribution in [0, 0.1) is 0 Å². The molecule has 3 heteroatoms. The Morgan fingerprint density at radius 2 is 0.941 bits per heavy atom. The van der Waals surface area contributed by atoms with Crippen LogP contribution in [0.4, 0.5) is 0 Å². The molecular weight excluding hydrogens is 465 g/mol. The first-order valence-electron chi connectivity index (χ1n) is 13.2. The topological polar surface area (TPSA) is 0 Å². The molecule has 0 saturated carbocycles. The minimum atomic E-state index is -1.72. The van der Waals surface area contributed by atoms with Crippen LogP contribution in [0.15, 0.2) is 60.7 Å². The van der Waals surface area contributed by atoms with Gasteiger partial charge in [-0.2, -0.15) is 0 Å². The molecule has 0 aliphatic carbocycles. The Labute approximate surface area is 212 Å². The number of rotatable bonds is 8. The van der Waals surface area contributed by atoms with Gasteiger partial charge in [0.2, 0.25) is 0 Å². The summed E-state index contributed by atoms with van der Waals surface area (Å²) in [6, 6.07) is 23.7. The second kappa shape index (κ2) is 10.7. The summed E-state index contributed by atoms with van der Waals surface area (Å²) in [6.45, 7) is 27.6. The normalized spacial score (nSPS) is 15.0. The summed E-state index contributed by atoms with van der Waals surface area (Å²) in [5.41, 5.74) is 2.85. The van der Waals surface area contributed by atoms with Crippen LogP contribution >= 0.6 is 22.4 Å². The molecule has 0 heterocycles. The van der Waals surface area contributed by atoms with Gasteiger partial charge < -0.3 is 0 Å². The van der Waals surface area contributed by atoms with Crippen LogP contribution in [0.3, 0.4) is 0 Å². The first kappa shape index (κ1) is 27.8. The number of hydrogen-bond acceptors (Lipinski definition) is 0. The Morgan fingerprint density at radius 3 is 1.44 bits per heavy atom. The Bertz CT molecular complexity index is 1110. The van der Waals surface area contributed by atoms with Gasteiger partial charge in [-0.05, 0) is 0 Å². The van der Waals surface area contributed by atoms with Gasteiger partial charge >= 0.3 is 213 Å². The van der Waals surface area contributed by atoms with Gasteiger partial charge in [0.25, 0.3) is 0 Å². The van der Waals surface area contributed by atoms with Gasteiger partial charge in [-0.15, -0.1) is 0 Å². The summed E-state index contributed by atoms with van der Waals surface area (Å²) in [5.74, 6) is 0. The first-order valence-corrected chi connectivity index (χ1v) is 20.3. The molecule has 3 aromatic carbocycles. The van der Waals surface area contributed by atoms with Crippen LogP contribution < -0.4 is 21.2 Å². The van der Waals surface area contributed by atoms with E-state index in [9.17, 15) is 0 Å². The van der Waals surface area contributed by atoms with Crippen LogP contribution in [0.5, 0.6) is 0 Å². The predicted molar refractivity (Wildman–Crippen MR) is 171 cm³/mol. The summed E-state index contributed by atoms with van der Waals surface area (Å²) in [6.07, 6.45) is 0. The van der Waals surface area contributed by atoms with Crippen molar-refractivity contribution in [3.63, 3.8) is 0 Å². The molecule has 0 N–H and O–H groups in total. The van der Waals surface area contributed by atoms with Gasteiger partial charge in [0.05, 0.1) is 0 Å². The summed E-state index contributed by atoms with van der Waals surface area (Å²) in [7, 11) is -3.81. The van der Waals surface area contributed by atoms with Crippen molar-refractivity contribution in [3.8, 4) is 0 Å². The number of benzene rings is 3. The third kappa shape index (κ3) is 4.78. The van der Waals surface area contributed by atoms with Crippen LogP contribution in [0.1, 0.15) is 55.4 Å². The van der Waals surface area contributed by atoms with Crippen molar-refractivity contribution in [2.24, 2.45) is 0 Å². The zero-order valence-corrected chi connectivity index (χ0v) is 26.4. The molecule has 0 aliphatic rings. The van der Waals surface area contributed by atoms with Crippen LogP contribution in [0.2, 0.25) is 0 Å². The van der Waals surface area contributed by atoms with Gasteiger partial charge in [-0.3, -0.25) is 0 Å². The van der Waals surface area contributed by atoms with E-state index in [1.807, 2.05) is 0 Å². The molecule has 0 radical (unpaired) electrons. The monoisotopic (exact) mass is 514 g/mol. The van der Waals surface area contributed by atoms with E-state index >= 15 is 0 Å². The third-order valence-corrected chi connectivity index (χ3v) is 24.8. The van der Waals surface area contributed by atoms with Crippen LogP contribution in [-0.2, 0) is 0 Å². The second-order valence-corrected chi connectivity index (χ2v) is 24.9. The van der Waals surface area contributed by atoms with E-state index in [-0.39, 0.29) is 0 Å². The Balaban J connectivity index is 2.35. The van der Waals surface area contributed by atoms with Crippen molar-refractivity contribution in [2.45, 2.75) is 78.0 Å². The van der Waals surface area contributed by atoms with Gasteiger partial charge in [-0.25, -0.2) is 0 Å². The van der Waals surface area contributed by atoms with Crippen molar-refractivity contribution < 1.29 is 0 Å². The minimum absolute atomic E-state index is 0.444. The number of fused-ring (bicyclic) bond motifs is 1. The third-order valence-electron chi connectivity index (χ3n) is 9.45. The fraction of sp³-hybridized carbons (Fsp3) is 0.484. The van der Waals surface area contributed by atoms with Crippen LogP contribution in [0.25, 0.3) is 10.8 Å². The number of hydrogen-bond donors (Lipinski definition) is 0. The molecule has 0 fully saturated rings. The van der Waals surface area contributed by atoms with Crippen molar-refractivity contribution in [1.29, 1.82) is 0 Å². The van der Waals surface area contributed by atoms with Gasteiger partial charge in [0.15, 0.2) is 0 Å². The molecule has 188 valence electrons. The Kier molecular flexibility index (Phi) is 8.73. The molecule has 3 rings (SSSR count). The van der Waals surface area contributed by atoms with Crippen molar-refractivity contribution in [2.75, 3.05) is 20.0 Å². The summed E-state index contributed by atoms with van der Waals surface area (Å²) >= 11 is 0. The maximum absolute atomic E-state index is 2.64. The van der Waals surface area contributed by atoms with Crippen LogP contribution in [-0.4, -0.2) is 42.6 Å². The molecule has 0 nitrogen and oxygen atoms in total. The van der Waals surface area contributed by atoms with E-state index in [0.717, 1.165) is 11.3 Å². The summed E-state index contributed by atoms with van der Waals surface area (Å²) < 4.78 is 0. The molecule has 3 aromatic rings. The fourth-order valence-electron chi connectivity index (χ4n) is 5.87. The van der Waals surface area contributed by atoms with Crippen molar-refractivity contribution in [3.05, 3.63) is 60.7 Å². The van der Waals surface area contributed by atoms with E-state index in [0.29, 0.717) is 11.3 Å². The second-order valence-electron chi connectivity index (χ2n) is 12.0. The average Bonchev–Trinajstić information content (AvgIpc) is 2.81. The molecule has 1 atom stereocenters. The van der Waals surface area contributed by atoms with E-state index in [1.165, 1.54) is 10.8 Å². The quantitative estimate of drug-likeness (QED) is 0.272. The van der Waals surface area contributed by atoms with Gasteiger partial charge in [0, 0.05) is 0 Å². The first-order chi connectivity index (χ1) is 15.9. The molecular formula is C31H49P3. The van der Waals surface area contributed by atoms with Gasteiger partial charge in [0.1, 0.15) is 0 Å². The zero-order chi connectivity index (χ0) is 25.4. The van der Waals surface area contributed by atoms with Gasteiger partial charge in [-0.1, -0.05) is 0 Å². The molecule has 34 heavy (non-hydrogen) atoms. The molecule has 0 spiro atoms. The molecule has 0 saturated heterocycles. The molecule has 0 bridgehead atoms. The van der Waals surface area contributed by atoms with E-state index in [1.54, 1.807) is 21.2 Å². The average molecular weight is 515 g/mol. The van der Waals surface area contributed by atoms with E-state index in [2.05, 4.69) is 136 Å². The predicted octanol–water partition coefficient (Wildman–Crippen LogP) is 7.55.